The number of nitrogens with zero attached hydrogens (tertiary/aromatic N) is 2. The Bertz CT molecular complexity index is 866. The topological polar surface area (TPSA) is 49.5 Å². The Balaban J connectivity index is 1.80. The molecule has 0 aliphatic carbocycles. The Hall–Kier alpha value is -2.57. The van der Waals surface area contributed by atoms with Gasteiger partial charge in [-0.25, -0.2) is 13.8 Å². The molecule has 4 nitrogen and oxygen atoms in total. The second-order valence-electron chi connectivity index (χ2n) is 6.07. The summed E-state index contributed by atoms with van der Waals surface area (Å²) in [5.74, 6) is -0.667. The van der Waals surface area contributed by atoms with E-state index in [9.17, 15) is 13.9 Å². The van der Waals surface area contributed by atoms with Gasteiger partial charge in [0.15, 0.2) is 0 Å². The van der Waals surface area contributed by atoms with Crippen molar-refractivity contribution in [2.45, 2.75) is 20.0 Å². The van der Waals surface area contributed by atoms with Crippen molar-refractivity contribution in [2.75, 3.05) is 13.2 Å². The largest absolute Gasteiger partial charge is 0.441 e. The van der Waals surface area contributed by atoms with E-state index in [4.69, 9.17) is 4.42 Å². The number of rotatable bonds is 7. The van der Waals surface area contributed by atoms with Crippen LogP contribution < -0.4 is 0 Å². The van der Waals surface area contributed by atoms with E-state index in [-0.39, 0.29) is 18.1 Å². The summed E-state index contributed by atoms with van der Waals surface area (Å²) in [7, 11) is 0. The normalized spacial score (nSPS) is 11.3. The summed E-state index contributed by atoms with van der Waals surface area (Å²) < 4.78 is 32.6. The molecule has 3 rings (SSSR count). The fourth-order valence-electron chi connectivity index (χ4n) is 2.76. The minimum atomic E-state index is -0.714. The molecule has 1 aromatic heterocycles. The van der Waals surface area contributed by atoms with Gasteiger partial charge in [0, 0.05) is 25.7 Å². The molecule has 0 saturated heterocycles. The summed E-state index contributed by atoms with van der Waals surface area (Å²) in [6, 6.07) is 13.2. The maximum atomic E-state index is 14.0. The minimum absolute atomic E-state index is 0.0170. The molecule has 0 amide bonds. The molecule has 0 atom stereocenters. The molecule has 0 unspecified atom stereocenters. The summed E-state index contributed by atoms with van der Waals surface area (Å²) in [6.45, 7) is 3.35. The number of aliphatic hydroxyl groups is 1. The fourth-order valence-corrected chi connectivity index (χ4v) is 2.76. The van der Waals surface area contributed by atoms with Gasteiger partial charge in [-0.15, -0.1) is 0 Å². The zero-order valence-electron chi connectivity index (χ0n) is 14.5. The molecule has 0 bridgehead atoms. The van der Waals surface area contributed by atoms with Crippen LogP contribution in [0.3, 0.4) is 0 Å². The molecule has 0 aliphatic rings. The molecule has 136 valence electrons. The first-order chi connectivity index (χ1) is 12.6. The van der Waals surface area contributed by atoms with Crippen LogP contribution >= 0.6 is 0 Å². The van der Waals surface area contributed by atoms with Crippen molar-refractivity contribution in [1.29, 1.82) is 0 Å². The SMILES string of the molecule is Cc1oc(-c2ccc(F)cc2F)nc1CN(CCO)Cc1ccccc1. The highest BCUT2D eigenvalue weighted by molar-refractivity contribution is 5.54. The number of benzene rings is 2. The third-order valence-corrected chi connectivity index (χ3v) is 4.09. The van der Waals surface area contributed by atoms with Crippen LogP contribution in [0, 0.1) is 18.6 Å². The quantitative estimate of drug-likeness (QED) is 0.695. The van der Waals surface area contributed by atoms with Crippen molar-refractivity contribution in [3.8, 4) is 11.5 Å². The van der Waals surface area contributed by atoms with Gasteiger partial charge in [0.2, 0.25) is 5.89 Å². The van der Waals surface area contributed by atoms with Crippen LogP contribution in [0.1, 0.15) is 17.0 Å². The van der Waals surface area contributed by atoms with E-state index in [0.29, 0.717) is 31.1 Å². The molecule has 0 radical (unpaired) electrons. The molecule has 26 heavy (non-hydrogen) atoms. The summed E-state index contributed by atoms with van der Waals surface area (Å²) >= 11 is 0. The molecule has 1 heterocycles. The molecule has 3 aromatic rings. The van der Waals surface area contributed by atoms with Crippen LogP contribution in [0.4, 0.5) is 8.78 Å². The van der Waals surface area contributed by atoms with Gasteiger partial charge in [0.1, 0.15) is 17.4 Å². The second kappa shape index (κ2) is 8.21. The lowest BCUT2D eigenvalue weighted by molar-refractivity contribution is 0.182. The summed E-state index contributed by atoms with van der Waals surface area (Å²) in [5.41, 5.74) is 1.90. The average molecular weight is 358 g/mol. The number of hydrogen-bond donors (Lipinski definition) is 1. The number of oxazole rings is 1. The first-order valence-electron chi connectivity index (χ1n) is 8.35. The summed E-state index contributed by atoms with van der Waals surface area (Å²) in [5, 5.41) is 9.34. The lowest BCUT2D eigenvalue weighted by Gasteiger charge is -2.20. The predicted octanol–water partition coefficient (Wildman–Crippen LogP) is 3.92. The highest BCUT2D eigenvalue weighted by Gasteiger charge is 2.17. The van der Waals surface area contributed by atoms with Crippen molar-refractivity contribution in [3.05, 3.63) is 77.2 Å². The van der Waals surface area contributed by atoms with Gasteiger partial charge in [-0.2, -0.15) is 0 Å². The molecule has 0 spiro atoms. The number of aryl methyl sites for hydroxylation is 1. The Morgan fingerprint density at radius 3 is 2.54 bits per heavy atom. The van der Waals surface area contributed by atoms with E-state index in [1.54, 1.807) is 6.92 Å². The van der Waals surface area contributed by atoms with Gasteiger partial charge in [-0.05, 0) is 24.6 Å². The van der Waals surface area contributed by atoms with E-state index in [2.05, 4.69) is 4.98 Å². The van der Waals surface area contributed by atoms with Crippen LogP contribution in [0.25, 0.3) is 11.5 Å². The van der Waals surface area contributed by atoms with Gasteiger partial charge in [-0.1, -0.05) is 30.3 Å². The molecule has 1 N–H and O–H groups in total. The van der Waals surface area contributed by atoms with Gasteiger partial charge in [0.25, 0.3) is 0 Å². The molecule has 6 heteroatoms. The van der Waals surface area contributed by atoms with Crippen LogP contribution in [0.15, 0.2) is 52.9 Å². The first-order valence-corrected chi connectivity index (χ1v) is 8.35. The predicted molar refractivity (Wildman–Crippen MR) is 94.2 cm³/mol. The molecule has 0 fully saturated rings. The number of hydrogen-bond acceptors (Lipinski definition) is 4. The highest BCUT2D eigenvalue weighted by Crippen LogP contribution is 2.25. The maximum absolute atomic E-state index is 14.0. The lowest BCUT2D eigenvalue weighted by Crippen LogP contribution is -2.26. The zero-order valence-corrected chi connectivity index (χ0v) is 14.5. The Labute approximate surface area is 150 Å². The van der Waals surface area contributed by atoms with Gasteiger partial charge in [0.05, 0.1) is 17.9 Å². The minimum Gasteiger partial charge on any atom is -0.441 e. The van der Waals surface area contributed by atoms with Gasteiger partial charge >= 0.3 is 0 Å². The van der Waals surface area contributed by atoms with Crippen molar-refractivity contribution in [1.82, 2.24) is 9.88 Å². The fraction of sp³-hybridized carbons (Fsp3) is 0.250. The summed E-state index contributed by atoms with van der Waals surface area (Å²) in [6.07, 6.45) is 0. The maximum Gasteiger partial charge on any atom is 0.229 e. The molecule has 2 aromatic carbocycles. The van der Waals surface area contributed by atoms with E-state index in [0.717, 1.165) is 11.6 Å². The van der Waals surface area contributed by atoms with Crippen molar-refractivity contribution in [2.24, 2.45) is 0 Å². The lowest BCUT2D eigenvalue weighted by atomic mass is 10.2. The van der Waals surface area contributed by atoms with Crippen molar-refractivity contribution in [3.63, 3.8) is 0 Å². The summed E-state index contributed by atoms with van der Waals surface area (Å²) in [4.78, 5) is 6.41. The van der Waals surface area contributed by atoms with Gasteiger partial charge < -0.3 is 9.52 Å². The van der Waals surface area contributed by atoms with E-state index in [1.807, 2.05) is 35.2 Å². The van der Waals surface area contributed by atoms with Crippen molar-refractivity contribution < 1.29 is 18.3 Å². The molecule has 0 aliphatic heterocycles. The average Bonchev–Trinajstić information content (AvgIpc) is 2.96. The third kappa shape index (κ3) is 4.33. The first kappa shape index (κ1) is 18.2. The van der Waals surface area contributed by atoms with Crippen molar-refractivity contribution >= 4 is 0 Å². The standard InChI is InChI=1S/C20H20F2N2O2/c1-14-19(13-24(9-10-25)12-15-5-3-2-4-6-15)23-20(26-14)17-8-7-16(21)11-18(17)22/h2-8,11,25H,9-10,12-13H2,1H3. The number of halogens is 2. The Morgan fingerprint density at radius 1 is 1.08 bits per heavy atom. The molecular weight excluding hydrogens is 338 g/mol. The number of aromatic nitrogens is 1. The second-order valence-corrected chi connectivity index (χ2v) is 6.07. The van der Waals surface area contributed by atoms with E-state index < -0.39 is 11.6 Å². The monoisotopic (exact) mass is 358 g/mol. The van der Waals surface area contributed by atoms with Gasteiger partial charge in [-0.3, -0.25) is 4.90 Å². The Morgan fingerprint density at radius 2 is 1.85 bits per heavy atom. The highest BCUT2D eigenvalue weighted by atomic mass is 19.1. The molecular formula is C20H20F2N2O2. The molecule has 0 saturated carbocycles. The van der Waals surface area contributed by atoms with Crippen LogP contribution in [0.2, 0.25) is 0 Å². The van der Waals surface area contributed by atoms with E-state index >= 15 is 0 Å². The number of aliphatic hydroxyl groups excluding tert-OH is 1. The zero-order chi connectivity index (χ0) is 18.5. The van der Waals surface area contributed by atoms with E-state index in [1.165, 1.54) is 12.1 Å². The van der Waals surface area contributed by atoms with Crippen LogP contribution in [0.5, 0.6) is 0 Å². The van der Waals surface area contributed by atoms with Crippen LogP contribution in [-0.2, 0) is 13.1 Å². The smallest absolute Gasteiger partial charge is 0.229 e. The van der Waals surface area contributed by atoms with Crippen LogP contribution in [-0.4, -0.2) is 28.1 Å². The Kier molecular flexibility index (Phi) is 5.75. The third-order valence-electron chi connectivity index (χ3n) is 4.09.